The summed E-state index contributed by atoms with van der Waals surface area (Å²) in [6.45, 7) is 5.97. The van der Waals surface area contributed by atoms with Gasteiger partial charge in [0.1, 0.15) is 0 Å². The van der Waals surface area contributed by atoms with E-state index in [1.807, 2.05) is 12.1 Å². The van der Waals surface area contributed by atoms with E-state index in [1.165, 1.54) is 24.9 Å². The number of nitrogens with zero attached hydrogens (tertiary/aromatic N) is 1. The van der Waals surface area contributed by atoms with Crippen molar-refractivity contribution in [3.63, 3.8) is 0 Å². The minimum absolute atomic E-state index is 0.186. The van der Waals surface area contributed by atoms with Gasteiger partial charge in [0.2, 0.25) is 5.91 Å². The molecule has 126 valence electrons. The molecule has 3 rings (SSSR count). The van der Waals surface area contributed by atoms with Crippen LogP contribution in [0.3, 0.4) is 0 Å². The number of rotatable bonds is 3. The van der Waals surface area contributed by atoms with Crippen LogP contribution in [0.5, 0.6) is 0 Å². The molecule has 2 aliphatic rings. The Hall–Kier alpha value is -1.55. The van der Waals surface area contributed by atoms with Crippen molar-refractivity contribution < 1.29 is 9.53 Å². The number of carbonyl (C=O) groups excluding carboxylic acids is 1. The van der Waals surface area contributed by atoms with E-state index in [2.05, 4.69) is 36.2 Å². The van der Waals surface area contributed by atoms with Gasteiger partial charge in [0.15, 0.2) is 0 Å². The summed E-state index contributed by atoms with van der Waals surface area (Å²) < 4.78 is 5.69. The Kier molecular flexibility index (Phi) is 5.21. The molecule has 1 amide bonds. The average molecular weight is 316 g/mol. The summed E-state index contributed by atoms with van der Waals surface area (Å²) in [5.41, 5.74) is 2.10. The average Bonchev–Trinajstić information content (AvgIpc) is 2.58. The third kappa shape index (κ3) is 4.05. The number of carbonyl (C=O) groups is 1. The first-order chi connectivity index (χ1) is 11.1. The summed E-state index contributed by atoms with van der Waals surface area (Å²) >= 11 is 0. The Morgan fingerprint density at radius 3 is 2.52 bits per heavy atom. The van der Waals surface area contributed by atoms with E-state index in [0.717, 1.165) is 31.7 Å². The Morgan fingerprint density at radius 2 is 1.83 bits per heavy atom. The molecule has 1 aliphatic heterocycles. The van der Waals surface area contributed by atoms with Crippen LogP contribution in [-0.4, -0.2) is 31.2 Å². The van der Waals surface area contributed by atoms with Crippen molar-refractivity contribution in [2.24, 2.45) is 5.92 Å². The molecule has 1 heterocycles. The van der Waals surface area contributed by atoms with Gasteiger partial charge in [-0.1, -0.05) is 19.3 Å². The fraction of sp³-hybridized carbons (Fsp3) is 0.632. The van der Waals surface area contributed by atoms with Crippen LogP contribution in [0, 0.1) is 5.92 Å². The summed E-state index contributed by atoms with van der Waals surface area (Å²) in [5.74, 6) is 0.384. The highest BCUT2D eigenvalue weighted by molar-refractivity contribution is 5.92. The first kappa shape index (κ1) is 16.3. The van der Waals surface area contributed by atoms with Crippen LogP contribution < -0.4 is 10.2 Å². The molecule has 2 atom stereocenters. The smallest absolute Gasteiger partial charge is 0.227 e. The fourth-order valence-electron chi connectivity index (χ4n) is 3.61. The number of amides is 1. The zero-order valence-electron chi connectivity index (χ0n) is 14.3. The lowest BCUT2D eigenvalue weighted by atomic mass is 9.88. The largest absolute Gasteiger partial charge is 0.375 e. The standard InChI is InChI=1S/C19H28N2O2/c1-14-13-23-15(2)12-21(14)18-10-8-17(9-11-18)20-19(22)16-6-4-3-5-7-16/h8-11,14-16H,3-7,12-13H2,1-2H3,(H,20,22). The lowest BCUT2D eigenvalue weighted by Gasteiger charge is -2.38. The van der Waals surface area contributed by atoms with Crippen molar-refractivity contribution >= 4 is 17.3 Å². The normalized spacial score (nSPS) is 26.1. The van der Waals surface area contributed by atoms with Crippen molar-refractivity contribution in [1.29, 1.82) is 0 Å². The molecule has 1 saturated heterocycles. The molecule has 0 aromatic heterocycles. The second kappa shape index (κ2) is 7.35. The molecule has 1 aliphatic carbocycles. The summed E-state index contributed by atoms with van der Waals surface area (Å²) in [6.07, 6.45) is 5.97. The number of benzene rings is 1. The maximum absolute atomic E-state index is 12.3. The number of nitrogens with one attached hydrogen (secondary N) is 1. The molecule has 1 aromatic carbocycles. The van der Waals surface area contributed by atoms with Crippen LogP contribution in [0.25, 0.3) is 0 Å². The highest BCUT2D eigenvalue weighted by Crippen LogP contribution is 2.26. The minimum atomic E-state index is 0.186. The summed E-state index contributed by atoms with van der Waals surface area (Å²) in [5, 5.41) is 3.08. The predicted molar refractivity (Wildman–Crippen MR) is 93.9 cm³/mol. The molecular formula is C19H28N2O2. The van der Waals surface area contributed by atoms with Gasteiger partial charge in [0, 0.05) is 29.9 Å². The number of morpholine rings is 1. The van der Waals surface area contributed by atoms with Crippen molar-refractivity contribution in [1.82, 2.24) is 0 Å². The first-order valence-corrected chi connectivity index (χ1v) is 8.92. The van der Waals surface area contributed by atoms with E-state index in [4.69, 9.17) is 4.74 Å². The predicted octanol–water partition coefficient (Wildman–Crippen LogP) is 3.82. The van der Waals surface area contributed by atoms with Crippen LogP contribution in [0.4, 0.5) is 11.4 Å². The van der Waals surface area contributed by atoms with Gasteiger partial charge >= 0.3 is 0 Å². The second-order valence-corrected chi connectivity index (χ2v) is 7.02. The van der Waals surface area contributed by atoms with Gasteiger partial charge in [0.05, 0.1) is 12.7 Å². The maximum Gasteiger partial charge on any atom is 0.227 e. The Labute approximate surface area is 139 Å². The lowest BCUT2D eigenvalue weighted by Crippen LogP contribution is -2.47. The van der Waals surface area contributed by atoms with E-state index >= 15 is 0 Å². The molecule has 0 radical (unpaired) electrons. The summed E-state index contributed by atoms with van der Waals surface area (Å²) in [6, 6.07) is 8.62. The molecule has 0 bridgehead atoms. The van der Waals surface area contributed by atoms with Gasteiger partial charge in [-0.15, -0.1) is 0 Å². The van der Waals surface area contributed by atoms with Crippen LogP contribution in [0.15, 0.2) is 24.3 Å². The fourth-order valence-corrected chi connectivity index (χ4v) is 3.61. The van der Waals surface area contributed by atoms with E-state index in [9.17, 15) is 4.79 Å². The Bertz CT molecular complexity index is 523. The number of hydrogen-bond donors (Lipinski definition) is 1. The van der Waals surface area contributed by atoms with Crippen molar-refractivity contribution in [3.8, 4) is 0 Å². The SMILES string of the molecule is CC1CN(c2ccc(NC(=O)C3CCCCC3)cc2)C(C)CO1. The summed E-state index contributed by atoms with van der Waals surface area (Å²) in [7, 11) is 0. The maximum atomic E-state index is 12.3. The van der Waals surface area contributed by atoms with Crippen LogP contribution in [0.2, 0.25) is 0 Å². The molecule has 2 fully saturated rings. The number of hydrogen-bond acceptors (Lipinski definition) is 3. The molecule has 23 heavy (non-hydrogen) atoms. The molecular weight excluding hydrogens is 288 g/mol. The second-order valence-electron chi connectivity index (χ2n) is 7.02. The van der Waals surface area contributed by atoms with Crippen molar-refractivity contribution in [3.05, 3.63) is 24.3 Å². The molecule has 1 aromatic rings. The van der Waals surface area contributed by atoms with Crippen LogP contribution in [-0.2, 0) is 9.53 Å². The van der Waals surface area contributed by atoms with Gasteiger partial charge in [-0.3, -0.25) is 4.79 Å². The van der Waals surface area contributed by atoms with Gasteiger partial charge in [0.25, 0.3) is 0 Å². The van der Waals surface area contributed by atoms with Crippen molar-refractivity contribution in [2.45, 2.75) is 58.1 Å². The number of anilines is 2. The zero-order chi connectivity index (χ0) is 16.2. The molecule has 1 saturated carbocycles. The quantitative estimate of drug-likeness (QED) is 0.922. The zero-order valence-corrected chi connectivity index (χ0v) is 14.3. The summed E-state index contributed by atoms with van der Waals surface area (Å²) in [4.78, 5) is 14.7. The van der Waals surface area contributed by atoms with Gasteiger partial charge in [-0.25, -0.2) is 0 Å². The molecule has 1 N–H and O–H groups in total. The van der Waals surface area contributed by atoms with Crippen molar-refractivity contribution in [2.75, 3.05) is 23.4 Å². The number of ether oxygens (including phenoxy) is 1. The Morgan fingerprint density at radius 1 is 1.13 bits per heavy atom. The lowest BCUT2D eigenvalue weighted by molar-refractivity contribution is -0.120. The van der Waals surface area contributed by atoms with E-state index < -0.39 is 0 Å². The molecule has 4 heteroatoms. The van der Waals surface area contributed by atoms with Gasteiger partial charge in [-0.05, 0) is 51.0 Å². The van der Waals surface area contributed by atoms with E-state index in [0.29, 0.717) is 6.04 Å². The highest BCUT2D eigenvalue weighted by atomic mass is 16.5. The van der Waals surface area contributed by atoms with Crippen LogP contribution in [0.1, 0.15) is 46.0 Å². The minimum Gasteiger partial charge on any atom is -0.375 e. The van der Waals surface area contributed by atoms with Gasteiger partial charge < -0.3 is 15.0 Å². The molecule has 4 nitrogen and oxygen atoms in total. The molecule has 0 spiro atoms. The van der Waals surface area contributed by atoms with E-state index in [1.54, 1.807) is 0 Å². The van der Waals surface area contributed by atoms with Gasteiger partial charge in [-0.2, -0.15) is 0 Å². The Balaban J connectivity index is 1.61. The highest BCUT2D eigenvalue weighted by Gasteiger charge is 2.24. The van der Waals surface area contributed by atoms with E-state index in [-0.39, 0.29) is 17.9 Å². The topological polar surface area (TPSA) is 41.6 Å². The molecule has 2 unspecified atom stereocenters. The third-order valence-corrected chi connectivity index (χ3v) is 5.05. The monoisotopic (exact) mass is 316 g/mol. The third-order valence-electron chi connectivity index (χ3n) is 5.05. The first-order valence-electron chi connectivity index (χ1n) is 8.92. The van der Waals surface area contributed by atoms with Crippen LogP contribution >= 0.6 is 0 Å².